The summed E-state index contributed by atoms with van der Waals surface area (Å²) in [7, 11) is -2.56. The summed E-state index contributed by atoms with van der Waals surface area (Å²) in [6.45, 7) is 0. The predicted molar refractivity (Wildman–Crippen MR) is 217 cm³/mol. The van der Waals surface area contributed by atoms with Gasteiger partial charge < -0.3 is 9.13 Å². The van der Waals surface area contributed by atoms with Crippen molar-refractivity contribution in [1.82, 2.24) is 9.13 Å². The molecule has 0 unspecified atom stereocenters. The minimum atomic E-state index is -2.56. The van der Waals surface area contributed by atoms with Gasteiger partial charge in [-0.15, -0.1) is 0 Å². The number of benzene rings is 8. The standard InChI is InChI=1S/C48H30N2Si/c1-2-14-31(15-3-1)49-39-21-9-4-19-37(39)47-41(49)28-29-42-48(47)38-20-5-10-22-40(38)50(42)32-26-27-36-35-18-8-13-25-45(35)51(46(36)30-32)43-23-11-6-16-33(43)34-17-7-12-24-44(34)51/h1-30H. The van der Waals surface area contributed by atoms with Gasteiger partial charge in [0.25, 0.3) is 0 Å². The van der Waals surface area contributed by atoms with Crippen molar-refractivity contribution in [3.63, 3.8) is 0 Å². The molecule has 0 amide bonds. The van der Waals surface area contributed by atoms with E-state index in [9.17, 15) is 0 Å². The Morgan fingerprint density at radius 2 is 0.725 bits per heavy atom. The molecular weight excluding hydrogens is 633 g/mol. The van der Waals surface area contributed by atoms with Crippen LogP contribution in [0.3, 0.4) is 0 Å². The highest BCUT2D eigenvalue weighted by molar-refractivity contribution is 7.24. The summed E-state index contributed by atoms with van der Waals surface area (Å²) in [4.78, 5) is 0. The maximum absolute atomic E-state index is 2.56. The van der Waals surface area contributed by atoms with E-state index in [1.807, 2.05) is 0 Å². The summed E-state index contributed by atoms with van der Waals surface area (Å²) in [5.41, 5.74) is 12.9. The van der Waals surface area contributed by atoms with Crippen LogP contribution in [0.15, 0.2) is 182 Å². The summed E-state index contributed by atoms with van der Waals surface area (Å²) in [5.74, 6) is 0. The van der Waals surface area contributed by atoms with Gasteiger partial charge in [-0.25, -0.2) is 0 Å². The second-order valence-corrected chi connectivity index (χ2v) is 17.7. The second-order valence-electron chi connectivity index (χ2n) is 14.0. The summed E-state index contributed by atoms with van der Waals surface area (Å²) in [5, 5.41) is 11.2. The SMILES string of the molecule is c1ccc(-n2c3ccccc3c3c4c5ccccc5n(-c5ccc6c(c5)[Si]5(c7ccccc7-c7ccccc75)c5ccccc5-6)c4ccc32)cc1. The molecule has 0 atom stereocenters. The number of para-hydroxylation sites is 3. The van der Waals surface area contributed by atoms with Crippen molar-refractivity contribution in [3.8, 4) is 33.6 Å². The van der Waals surface area contributed by atoms with Crippen LogP contribution in [-0.4, -0.2) is 17.2 Å². The lowest BCUT2D eigenvalue weighted by Crippen LogP contribution is -2.70. The lowest BCUT2D eigenvalue weighted by Gasteiger charge is -2.28. The highest BCUT2D eigenvalue weighted by Gasteiger charge is 2.53. The van der Waals surface area contributed by atoms with E-state index in [4.69, 9.17) is 0 Å². The Labute approximate surface area is 296 Å². The summed E-state index contributed by atoms with van der Waals surface area (Å²) < 4.78 is 4.95. The molecule has 10 aromatic rings. The predicted octanol–water partition coefficient (Wildman–Crippen LogP) is 9.22. The molecule has 8 aromatic carbocycles. The van der Waals surface area contributed by atoms with Crippen LogP contribution >= 0.6 is 0 Å². The maximum Gasteiger partial charge on any atom is 0.182 e. The van der Waals surface area contributed by atoms with E-state index < -0.39 is 8.07 Å². The minimum absolute atomic E-state index is 1.18. The molecule has 0 fully saturated rings. The summed E-state index contributed by atoms with van der Waals surface area (Å²) in [6.07, 6.45) is 0. The molecule has 0 saturated heterocycles. The van der Waals surface area contributed by atoms with Gasteiger partial charge >= 0.3 is 0 Å². The van der Waals surface area contributed by atoms with Gasteiger partial charge in [-0.1, -0.05) is 133 Å². The molecule has 12 rings (SSSR count). The first-order chi connectivity index (χ1) is 25.3. The normalized spacial score (nSPS) is 13.6. The zero-order valence-corrected chi connectivity index (χ0v) is 28.7. The van der Waals surface area contributed by atoms with Gasteiger partial charge in [-0.05, 0) is 91.5 Å². The monoisotopic (exact) mass is 662 g/mol. The van der Waals surface area contributed by atoms with Crippen LogP contribution in [-0.2, 0) is 0 Å². The number of hydrogen-bond donors (Lipinski definition) is 0. The fourth-order valence-corrected chi connectivity index (χ4v) is 15.5. The molecular formula is C48H30N2Si. The van der Waals surface area contributed by atoms with E-state index in [1.54, 1.807) is 0 Å². The van der Waals surface area contributed by atoms with Crippen LogP contribution in [0.2, 0.25) is 0 Å². The number of nitrogens with zero attached hydrogens (tertiary/aromatic N) is 2. The molecule has 2 aliphatic rings. The number of fused-ring (bicyclic) bond motifs is 17. The fourth-order valence-electron chi connectivity index (χ4n) is 9.87. The van der Waals surface area contributed by atoms with Crippen LogP contribution < -0.4 is 20.7 Å². The van der Waals surface area contributed by atoms with Crippen molar-refractivity contribution >= 4 is 72.4 Å². The lowest BCUT2D eigenvalue weighted by molar-refractivity contribution is 1.17. The Balaban J connectivity index is 1.20. The van der Waals surface area contributed by atoms with Gasteiger partial charge in [-0.3, -0.25) is 0 Å². The first-order valence-electron chi connectivity index (χ1n) is 17.8. The van der Waals surface area contributed by atoms with Gasteiger partial charge in [-0.2, -0.15) is 0 Å². The first kappa shape index (κ1) is 27.4. The summed E-state index contributed by atoms with van der Waals surface area (Å²) >= 11 is 0. The van der Waals surface area contributed by atoms with E-state index in [0.717, 1.165) is 0 Å². The maximum atomic E-state index is 2.56. The largest absolute Gasteiger partial charge is 0.309 e. The Kier molecular flexibility index (Phi) is 5.29. The molecule has 3 heteroatoms. The van der Waals surface area contributed by atoms with Gasteiger partial charge in [0.1, 0.15) is 0 Å². The van der Waals surface area contributed by atoms with Gasteiger partial charge in [0.2, 0.25) is 0 Å². The van der Waals surface area contributed by atoms with Crippen molar-refractivity contribution in [2.75, 3.05) is 0 Å². The fraction of sp³-hybridized carbons (Fsp3) is 0. The van der Waals surface area contributed by atoms with Crippen molar-refractivity contribution in [2.45, 2.75) is 0 Å². The van der Waals surface area contributed by atoms with E-state index in [-0.39, 0.29) is 0 Å². The molecule has 2 aromatic heterocycles. The second kappa shape index (κ2) is 9.84. The third-order valence-electron chi connectivity index (χ3n) is 11.7. The Morgan fingerprint density at radius 1 is 0.294 bits per heavy atom. The number of rotatable bonds is 2. The average molecular weight is 663 g/mol. The van der Waals surface area contributed by atoms with Gasteiger partial charge in [0.15, 0.2) is 8.07 Å². The molecule has 1 spiro atoms. The first-order valence-corrected chi connectivity index (χ1v) is 19.8. The molecule has 4 heterocycles. The van der Waals surface area contributed by atoms with Crippen LogP contribution in [0.5, 0.6) is 0 Å². The minimum Gasteiger partial charge on any atom is -0.309 e. The number of hydrogen-bond acceptors (Lipinski definition) is 0. The van der Waals surface area contributed by atoms with E-state index >= 15 is 0 Å². The zero-order chi connectivity index (χ0) is 33.3. The van der Waals surface area contributed by atoms with Gasteiger partial charge in [0.05, 0.1) is 22.1 Å². The molecule has 2 nitrogen and oxygen atoms in total. The molecule has 236 valence electrons. The molecule has 0 aliphatic carbocycles. The number of aromatic nitrogens is 2. The van der Waals surface area contributed by atoms with E-state index in [1.165, 1.54) is 98.0 Å². The lowest BCUT2D eigenvalue weighted by atomic mass is 10.1. The van der Waals surface area contributed by atoms with Crippen LogP contribution in [0.4, 0.5) is 0 Å². The summed E-state index contributed by atoms with van der Waals surface area (Å²) in [6, 6.07) is 68.3. The van der Waals surface area contributed by atoms with Gasteiger partial charge in [0, 0.05) is 32.9 Å². The topological polar surface area (TPSA) is 9.86 Å². The molecule has 2 aliphatic heterocycles. The van der Waals surface area contributed by atoms with Crippen molar-refractivity contribution in [3.05, 3.63) is 182 Å². The van der Waals surface area contributed by atoms with Crippen LogP contribution in [0.1, 0.15) is 0 Å². The highest BCUT2D eigenvalue weighted by atomic mass is 28.3. The van der Waals surface area contributed by atoms with E-state index in [0.29, 0.717) is 0 Å². The molecule has 51 heavy (non-hydrogen) atoms. The molecule has 0 radical (unpaired) electrons. The third kappa shape index (κ3) is 3.32. The molecule has 0 bridgehead atoms. The highest BCUT2D eigenvalue weighted by Crippen LogP contribution is 2.43. The van der Waals surface area contributed by atoms with Crippen molar-refractivity contribution < 1.29 is 0 Å². The zero-order valence-electron chi connectivity index (χ0n) is 27.7. The quantitative estimate of drug-likeness (QED) is 0.163. The Morgan fingerprint density at radius 3 is 1.27 bits per heavy atom. The van der Waals surface area contributed by atoms with Crippen molar-refractivity contribution in [2.24, 2.45) is 0 Å². The van der Waals surface area contributed by atoms with Crippen LogP contribution in [0, 0.1) is 0 Å². The molecule has 0 saturated carbocycles. The average Bonchev–Trinajstić information content (AvgIpc) is 3.90. The van der Waals surface area contributed by atoms with E-state index in [2.05, 4.69) is 191 Å². The Hall–Kier alpha value is -6.42. The smallest absolute Gasteiger partial charge is 0.182 e. The Bertz CT molecular complexity index is 3030. The molecule has 0 N–H and O–H groups in total. The van der Waals surface area contributed by atoms with Crippen molar-refractivity contribution in [1.29, 1.82) is 0 Å². The van der Waals surface area contributed by atoms with Crippen LogP contribution in [0.25, 0.3) is 77.2 Å². The third-order valence-corrected chi connectivity index (χ3v) is 16.7.